The fraction of sp³-hybridized carbons (Fsp3) is 0.548. The molecule has 5 rings (SSSR count). The summed E-state index contributed by atoms with van der Waals surface area (Å²) in [6.07, 6.45) is -0.867. The Bertz CT molecular complexity index is 1290. The smallest absolute Gasteiger partial charge is 0.371 e. The molecule has 3 fully saturated rings. The van der Waals surface area contributed by atoms with Crippen molar-refractivity contribution < 1.29 is 27.9 Å². The van der Waals surface area contributed by atoms with Gasteiger partial charge >= 0.3 is 6.18 Å². The second kappa shape index (κ2) is 11.7. The molecule has 0 saturated carbocycles. The molecule has 228 valence electrons. The van der Waals surface area contributed by atoms with E-state index in [9.17, 15) is 27.9 Å². The van der Waals surface area contributed by atoms with E-state index in [0.717, 1.165) is 63.3 Å². The van der Waals surface area contributed by atoms with Crippen molar-refractivity contribution in [1.29, 1.82) is 0 Å². The Balaban J connectivity index is 1.15. The zero-order valence-electron chi connectivity index (χ0n) is 24.0. The van der Waals surface area contributed by atoms with Crippen LogP contribution in [0.15, 0.2) is 48.5 Å². The molecule has 1 unspecified atom stereocenters. The Morgan fingerprint density at radius 2 is 1.57 bits per heavy atom. The van der Waals surface area contributed by atoms with Crippen LogP contribution < -0.4 is 4.90 Å². The van der Waals surface area contributed by atoms with Gasteiger partial charge in [-0.15, -0.1) is 0 Å². The first kappa shape index (κ1) is 30.6. The van der Waals surface area contributed by atoms with E-state index in [4.69, 9.17) is 11.6 Å². The molecule has 0 radical (unpaired) electrons. The lowest BCUT2D eigenvalue weighted by atomic mass is 9.77. The molecule has 0 bridgehead atoms. The first-order valence-corrected chi connectivity index (χ1v) is 14.9. The molecule has 1 atom stereocenters. The van der Waals surface area contributed by atoms with E-state index < -0.39 is 23.2 Å². The van der Waals surface area contributed by atoms with Gasteiger partial charge in [0.25, 0.3) is 17.4 Å². The second-order valence-electron chi connectivity index (χ2n) is 12.2. The Morgan fingerprint density at radius 3 is 2.14 bits per heavy atom. The van der Waals surface area contributed by atoms with Gasteiger partial charge in [0.2, 0.25) is 0 Å². The van der Waals surface area contributed by atoms with Crippen LogP contribution in [0.4, 0.5) is 18.9 Å². The topological polar surface area (TPSA) is 67.3 Å². The SMILES string of the molecule is CN(C)C(=O)c1ccc(N2CCC3(CCN(C4CCN(C(=O)C(O)(c5ccccc5)C(F)(F)F)CC4)CC3)C2)cc1Cl. The zero-order valence-corrected chi connectivity index (χ0v) is 24.8. The van der Waals surface area contributed by atoms with E-state index in [0.29, 0.717) is 23.4 Å². The van der Waals surface area contributed by atoms with Crippen LogP contribution in [0, 0.1) is 5.41 Å². The van der Waals surface area contributed by atoms with Crippen LogP contribution in [-0.2, 0) is 10.4 Å². The summed E-state index contributed by atoms with van der Waals surface area (Å²) in [6, 6.07) is 12.4. The number of halogens is 4. The second-order valence-corrected chi connectivity index (χ2v) is 12.6. The third-order valence-corrected chi connectivity index (χ3v) is 9.74. The maximum absolute atomic E-state index is 14.0. The predicted molar refractivity (Wildman–Crippen MR) is 156 cm³/mol. The largest absolute Gasteiger partial charge is 0.430 e. The molecule has 42 heavy (non-hydrogen) atoms. The number of rotatable bonds is 5. The summed E-state index contributed by atoms with van der Waals surface area (Å²) in [4.78, 5) is 32.9. The van der Waals surface area contributed by atoms with Gasteiger partial charge < -0.3 is 24.7 Å². The number of likely N-dealkylation sites (tertiary alicyclic amines) is 2. The summed E-state index contributed by atoms with van der Waals surface area (Å²) in [7, 11) is 3.40. The van der Waals surface area contributed by atoms with Gasteiger partial charge in [0.15, 0.2) is 0 Å². The molecule has 3 aliphatic rings. The predicted octanol–water partition coefficient (Wildman–Crippen LogP) is 4.78. The number of carbonyl (C=O) groups excluding carboxylic acids is 2. The molecule has 0 aliphatic carbocycles. The van der Waals surface area contributed by atoms with Crippen molar-refractivity contribution in [1.82, 2.24) is 14.7 Å². The van der Waals surface area contributed by atoms with Crippen molar-refractivity contribution in [2.45, 2.75) is 49.9 Å². The minimum atomic E-state index is -5.13. The highest BCUT2D eigenvalue weighted by molar-refractivity contribution is 6.34. The van der Waals surface area contributed by atoms with E-state index in [1.54, 1.807) is 26.2 Å². The van der Waals surface area contributed by atoms with Crippen LogP contribution in [0.5, 0.6) is 0 Å². The highest BCUT2D eigenvalue weighted by atomic mass is 35.5. The molecule has 0 aromatic heterocycles. The highest BCUT2D eigenvalue weighted by Gasteiger charge is 2.62. The molecule has 7 nitrogen and oxygen atoms in total. The number of aliphatic hydroxyl groups is 1. The standard InChI is InChI=1S/C31H38ClF3N4O3/c1-36(2)27(40)25-9-8-24(20-26(25)32)39-19-14-29(21-39)12-17-37(18-13-29)23-10-15-38(16-11-23)28(41)30(42,31(33,34)35)22-6-4-3-5-7-22/h3-9,20,23,42H,10-19,21H2,1-2H3. The number of hydrogen-bond acceptors (Lipinski definition) is 5. The first-order chi connectivity index (χ1) is 19.8. The van der Waals surface area contributed by atoms with Gasteiger partial charge in [-0.05, 0) is 68.8 Å². The number of benzene rings is 2. The van der Waals surface area contributed by atoms with E-state index in [2.05, 4.69) is 9.80 Å². The van der Waals surface area contributed by atoms with Crippen LogP contribution in [0.2, 0.25) is 5.02 Å². The fourth-order valence-electron chi connectivity index (χ4n) is 6.79. The number of piperidine rings is 2. The quantitative estimate of drug-likeness (QED) is 0.531. The monoisotopic (exact) mass is 606 g/mol. The maximum atomic E-state index is 14.0. The summed E-state index contributed by atoms with van der Waals surface area (Å²) < 4.78 is 42.0. The molecular weight excluding hydrogens is 569 g/mol. The van der Waals surface area contributed by atoms with Crippen LogP contribution in [0.3, 0.4) is 0 Å². The first-order valence-electron chi connectivity index (χ1n) is 14.5. The third kappa shape index (κ3) is 5.73. The Kier molecular flexibility index (Phi) is 8.53. The lowest BCUT2D eigenvalue weighted by Gasteiger charge is -2.46. The molecule has 3 heterocycles. The average molecular weight is 607 g/mol. The van der Waals surface area contributed by atoms with Crippen molar-refractivity contribution in [2.75, 3.05) is 58.3 Å². The summed E-state index contributed by atoms with van der Waals surface area (Å²) in [5, 5.41) is 11.1. The number of amides is 2. The fourth-order valence-corrected chi connectivity index (χ4v) is 7.05. The lowest BCUT2D eigenvalue weighted by Crippen LogP contribution is -2.58. The molecule has 2 aromatic rings. The normalized spacial score (nSPS) is 21.4. The van der Waals surface area contributed by atoms with Crippen LogP contribution in [-0.4, -0.2) is 97.2 Å². The van der Waals surface area contributed by atoms with E-state index in [-0.39, 0.29) is 30.5 Å². The third-order valence-electron chi connectivity index (χ3n) is 9.43. The zero-order chi connectivity index (χ0) is 30.3. The summed E-state index contributed by atoms with van der Waals surface area (Å²) in [6.45, 7) is 4.00. The highest BCUT2D eigenvalue weighted by Crippen LogP contribution is 2.44. The summed E-state index contributed by atoms with van der Waals surface area (Å²) in [5.41, 5.74) is -2.32. The van der Waals surface area contributed by atoms with E-state index in [1.165, 1.54) is 21.9 Å². The van der Waals surface area contributed by atoms with Crippen LogP contribution >= 0.6 is 11.6 Å². The molecular formula is C31H38ClF3N4O3. The molecule has 1 spiro atoms. The Hall–Kier alpha value is -2.82. The van der Waals surface area contributed by atoms with Gasteiger partial charge in [-0.25, -0.2) is 0 Å². The number of nitrogens with zero attached hydrogens (tertiary/aromatic N) is 4. The Labute approximate surface area is 249 Å². The number of carbonyl (C=O) groups is 2. The van der Waals surface area contributed by atoms with Gasteiger partial charge in [-0.1, -0.05) is 41.9 Å². The van der Waals surface area contributed by atoms with Gasteiger partial charge in [0, 0.05) is 57.6 Å². The van der Waals surface area contributed by atoms with E-state index >= 15 is 0 Å². The molecule has 2 amide bonds. The maximum Gasteiger partial charge on any atom is 0.430 e. The van der Waals surface area contributed by atoms with Crippen molar-refractivity contribution in [3.05, 3.63) is 64.7 Å². The average Bonchev–Trinajstić information content (AvgIpc) is 3.39. The van der Waals surface area contributed by atoms with Gasteiger partial charge in [-0.3, -0.25) is 9.59 Å². The number of alkyl halides is 3. The minimum absolute atomic E-state index is 0.126. The number of hydrogen-bond donors (Lipinski definition) is 1. The Morgan fingerprint density at radius 1 is 0.952 bits per heavy atom. The van der Waals surface area contributed by atoms with Gasteiger partial charge in [0.1, 0.15) is 0 Å². The van der Waals surface area contributed by atoms with Crippen molar-refractivity contribution in [3.8, 4) is 0 Å². The molecule has 1 N–H and O–H groups in total. The van der Waals surface area contributed by atoms with E-state index in [1.807, 2.05) is 12.1 Å². The van der Waals surface area contributed by atoms with Gasteiger partial charge in [-0.2, -0.15) is 13.2 Å². The van der Waals surface area contributed by atoms with Crippen molar-refractivity contribution >= 4 is 29.1 Å². The molecule has 3 saturated heterocycles. The molecule has 2 aromatic carbocycles. The number of anilines is 1. The molecule has 11 heteroatoms. The van der Waals surface area contributed by atoms with Gasteiger partial charge in [0.05, 0.1) is 10.6 Å². The van der Waals surface area contributed by atoms with Crippen LogP contribution in [0.1, 0.15) is 48.0 Å². The lowest BCUT2D eigenvalue weighted by molar-refractivity contribution is -0.262. The van der Waals surface area contributed by atoms with Crippen molar-refractivity contribution in [3.63, 3.8) is 0 Å². The van der Waals surface area contributed by atoms with Crippen LogP contribution in [0.25, 0.3) is 0 Å². The minimum Gasteiger partial charge on any atom is -0.371 e. The summed E-state index contributed by atoms with van der Waals surface area (Å²) >= 11 is 6.46. The summed E-state index contributed by atoms with van der Waals surface area (Å²) in [5.74, 6) is -1.43. The molecule has 3 aliphatic heterocycles. The van der Waals surface area contributed by atoms with Crippen molar-refractivity contribution in [2.24, 2.45) is 5.41 Å².